The second-order valence-electron chi connectivity index (χ2n) is 3.35. The lowest BCUT2D eigenvalue weighted by molar-refractivity contribution is 0.947. The summed E-state index contributed by atoms with van der Waals surface area (Å²) < 4.78 is 2.14. The topological polar surface area (TPSA) is 30.9 Å². The minimum absolute atomic E-state index is 0.607. The molecule has 0 saturated carbocycles. The van der Waals surface area contributed by atoms with Crippen molar-refractivity contribution in [1.82, 2.24) is 4.57 Å². The van der Waals surface area contributed by atoms with Gasteiger partial charge in [-0.1, -0.05) is 6.07 Å². The fourth-order valence-electron chi connectivity index (χ4n) is 1.74. The summed E-state index contributed by atoms with van der Waals surface area (Å²) >= 11 is 1.76. The molecule has 3 heteroatoms. The van der Waals surface area contributed by atoms with E-state index >= 15 is 0 Å². The Morgan fingerprint density at radius 3 is 2.86 bits per heavy atom. The second-order valence-corrected chi connectivity index (χ2v) is 4.23. The average molecular weight is 206 g/mol. The van der Waals surface area contributed by atoms with E-state index in [1.807, 2.05) is 0 Å². The smallest absolute Gasteiger partial charge is 0.0492 e. The van der Waals surface area contributed by atoms with Gasteiger partial charge >= 0.3 is 0 Å². The molecule has 0 bridgehead atoms. The molecule has 0 radical (unpaired) electrons. The predicted molar refractivity (Wildman–Crippen MR) is 62.6 cm³/mol. The van der Waals surface area contributed by atoms with Crippen LogP contribution >= 0.6 is 11.8 Å². The van der Waals surface area contributed by atoms with Crippen molar-refractivity contribution in [3.8, 4) is 0 Å². The zero-order valence-corrected chi connectivity index (χ0v) is 9.27. The van der Waals surface area contributed by atoms with Crippen LogP contribution in [0.15, 0.2) is 29.3 Å². The van der Waals surface area contributed by atoms with Gasteiger partial charge in [0.15, 0.2) is 0 Å². The van der Waals surface area contributed by atoms with Crippen molar-refractivity contribution in [2.24, 2.45) is 12.8 Å². The highest BCUT2D eigenvalue weighted by Gasteiger charge is 2.05. The lowest BCUT2D eigenvalue weighted by Gasteiger charge is -1.99. The molecule has 0 saturated heterocycles. The fourth-order valence-corrected chi connectivity index (χ4v) is 2.17. The number of aromatic nitrogens is 1. The molecule has 1 aromatic carbocycles. The Bertz CT molecular complexity index is 460. The summed E-state index contributed by atoms with van der Waals surface area (Å²) in [6, 6.07) is 6.51. The van der Waals surface area contributed by atoms with E-state index < -0.39 is 0 Å². The van der Waals surface area contributed by atoms with Gasteiger partial charge in [-0.05, 0) is 24.0 Å². The minimum atomic E-state index is 0.607. The van der Waals surface area contributed by atoms with Gasteiger partial charge < -0.3 is 10.3 Å². The number of hydrogen-bond acceptors (Lipinski definition) is 2. The third-order valence-electron chi connectivity index (χ3n) is 2.50. The van der Waals surface area contributed by atoms with Crippen molar-refractivity contribution in [2.75, 3.05) is 6.26 Å². The number of nitrogens with two attached hydrogens (primary N) is 1. The molecule has 0 aliphatic heterocycles. The van der Waals surface area contributed by atoms with Crippen molar-refractivity contribution < 1.29 is 0 Å². The number of aryl methyl sites for hydroxylation is 1. The molecular weight excluding hydrogens is 192 g/mol. The average Bonchev–Trinajstić information content (AvgIpc) is 2.55. The molecule has 0 aliphatic carbocycles. The van der Waals surface area contributed by atoms with Crippen LogP contribution in [0.1, 0.15) is 5.56 Å². The van der Waals surface area contributed by atoms with E-state index in [1.165, 1.54) is 21.4 Å². The first-order chi connectivity index (χ1) is 6.76. The van der Waals surface area contributed by atoms with Crippen molar-refractivity contribution in [1.29, 1.82) is 0 Å². The molecule has 14 heavy (non-hydrogen) atoms. The molecule has 74 valence electrons. The molecule has 2 rings (SSSR count). The molecule has 0 unspecified atom stereocenters. The lowest BCUT2D eigenvalue weighted by atomic mass is 10.2. The van der Waals surface area contributed by atoms with E-state index in [0.29, 0.717) is 6.54 Å². The number of hydrogen-bond donors (Lipinski definition) is 1. The molecule has 1 heterocycles. The number of rotatable bonds is 2. The highest BCUT2D eigenvalue weighted by Crippen LogP contribution is 2.25. The first-order valence-electron chi connectivity index (χ1n) is 4.58. The van der Waals surface area contributed by atoms with E-state index in [1.54, 1.807) is 11.8 Å². The van der Waals surface area contributed by atoms with Gasteiger partial charge in [-0.3, -0.25) is 0 Å². The first kappa shape index (κ1) is 9.62. The summed E-state index contributed by atoms with van der Waals surface area (Å²) in [5, 5.41) is 1.27. The molecule has 0 spiro atoms. The van der Waals surface area contributed by atoms with Gasteiger partial charge in [0.05, 0.1) is 0 Å². The third kappa shape index (κ3) is 1.42. The Morgan fingerprint density at radius 1 is 1.43 bits per heavy atom. The number of benzene rings is 1. The zero-order chi connectivity index (χ0) is 10.1. The Labute approximate surface area is 88.1 Å². The van der Waals surface area contributed by atoms with Gasteiger partial charge in [-0.25, -0.2) is 0 Å². The maximum atomic E-state index is 5.68. The van der Waals surface area contributed by atoms with Crippen LogP contribution in [-0.4, -0.2) is 10.8 Å². The monoisotopic (exact) mass is 206 g/mol. The molecule has 0 fully saturated rings. The largest absolute Gasteiger partial charge is 0.350 e. The van der Waals surface area contributed by atoms with Gasteiger partial charge in [0.1, 0.15) is 0 Å². The maximum absolute atomic E-state index is 5.68. The zero-order valence-electron chi connectivity index (χ0n) is 8.45. The van der Waals surface area contributed by atoms with E-state index in [0.717, 1.165) is 0 Å². The maximum Gasteiger partial charge on any atom is 0.0492 e. The van der Waals surface area contributed by atoms with Crippen molar-refractivity contribution >= 4 is 22.7 Å². The Kier molecular flexibility index (Phi) is 2.52. The van der Waals surface area contributed by atoms with Crippen molar-refractivity contribution in [3.05, 3.63) is 30.0 Å². The van der Waals surface area contributed by atoms with Gasteiger partial charge in [0.25, 0.3) is 0 Å². The summed E-state index contributed by atoms with van der Waals surface area (Å²) in [5.74, 6) is 0. The SMILES string of the molecule is CSc1ccc2c(CN)cn(C)c2c1. The van der Waals surface area contributed by atoms with Crippen LogP contribution in [0.25, 0.3) is 10.9 Å². The van der Waals surface area contributed by atoms with Gasteiger partial charge in [-0.2, -0.15) is 0 Å². The summed E-state index contributed by atoms with van der Waals surface area (Å²) in [6.07, 6.45) is 4.20. The Balaban J connectivity index is 2.70. The quantitative estimate of drug-likeness (QED) is 0.765. The van der Waals surface area contributed by atoms with Crippen LogP contribution in [-0.2, 0) is 13.6 Å². The van der Waals surface area contributed by atoms with Crippen LogP contribution in [0.5, 0.6) is 0 Å². The minimum Gasteiger partial charge on any atom is -0.350 e. The number of nitrogens with zero attached hydrogens (tertiary/aromatic N) is 1. The van der Waals surface area contributed by atoms with E-state index in [4.69, 9.17) is 5.73 Å². The number of fused-ring (bicyclic) bond motifs is 1. The highest BCUT2D eigenvalue weighted by atomic mass is 32.2. The standard InChI is InChI=1S/C11H14N2S/c1-13-7-8(6-12)10-4-3-9(14-2)5-11(10)13/h3-5,7H,6,12H2,1-2H3. The molecule has 0 atom stereocenters. The normalized spacial score (nSPS) is 11.1. The lowest BCUT2D eigenvalue weighted by Crippen LogP contribution is -1.94. The Morgan fingerprint density at radius 2 is 2.21 bits per heavy atom. The first-order valence-corrected chi connectivity index (χ1v) is 5.80. The second kappa shape index (κ2) is 3.67. The molecule has 0 aliphatic rings. The summed E-state index contributed by atoms with van der Waals surface area (Å²) in [7, 11) is 2.06. The summed E-state index contributed by atoms with van der Waals surface area (Å²) in [4.78, 5) is 1.29. The molecule has 1 aromatic heterocycles. The van der Waals surface area contributed by atoms with Crippen molar-refractivity contribution in [3.63, 3.8) is 0 Å². The van der Waals surface area contributed by atoms with Crippen LogP contribution in [0, 0.1) is 0 Å². The highest BCUT2D eigenvalue weighted by molar-refractivity contribution is 7.98. The van der Waals surface area contributed by atoms with Crippen molar-refractivity contribution in [2.45, 2.75) is 11.4 Å². The Hall–Kier alpha value is -0.930. The van der Waals surface area contributed by atoms with Gasteiger partial charge in [0.2, 0.25) is 0 Å². The fraction of sp³-hybridized carbons (Fsp3) is 0.273. The molecular formula is C11H14N2S. The van der Waals surface area contributed by atoms with E-state index in [9.17, 15) is 0 Å². The van der Waals surface area contributed by atoms with Crippen LogP contribution < -0.4 is 5.73 Å². The summed E-state index contributed by atoms with van der Waals surface area (Å²) in [6.45, 7) is 0.607. The van der Waals surface area contributed by atoms with Crippen LogP contribution in [0.2, 0.25) is 0 Å². The van der Waals surface area contributed by atoms with Gasteiger partial charge in [-0.15, -0.1) is 11.8 Å². The van der Waals surface area contributed by atoms with Crippen LogP contribution in [0.4, 0.5) is 0 Å². The van der Waals surface area contributed by atoms with E-state index in [-0.39, 0.29) is 0 Å². The third-order valence-corrected chi connectivity index (χ3v) is 3.23. The molecule has 0 amide bonds. The predicted octanol–water partition coefficient (Wildman–Crippen LogP) is 2.36. The molecule has 2 nitrogen and oxygen atoms in total. The number of thioether (sulfide) groups is 1. The molecule has 2 N–H and O–H groups in total. The van der Waals surface area contributed by atoms with Crippen LogP contribution in [0.3, 0.4) is 0 Å². The van der Waals surface area contributed by atoms with Gasteiger partial charge in [0, 0.05) is 35.6 Å². The summed E-state index contributed by atoms with van der Waals surface area (Å²) in [5.41, 5.74) is 8.16. The molecule has 2 aromatic rings. The van der Waals surface area contributed by atoms with E-state index in [2.05, 4.69) is 42.3 Å².